The summed E-state index contributed by atoms with van der Waals surface area (Å²) in [6, 6.07) is 7.15. The summed E-state index contributed by atoms with van der Waals surface area (Å²) in [6.45, 7) is 7.69. The molecule has 1 heterocycles. The quantitative estimate of drug-likeness (QED) is 0.617. The molecule has 0 bridgehead atoms. The third kappa shape index (κ3) is 4.67. The molecule has 0 atom stereocenters. The molecule has 0 aromatic heterocycles. The topological polar surface area (TPSA) is 61.8 Å². The molecule has 0 radical (unpaired) electrons. The second-order valence-electron chi connectivity index (χ2n) is 6.18. The second-order valence-corrected chi connectivity index (χ2v) is 8.24. The van der Waals surface area contributed by atoms with E-state index in [9.17, 15) is 9.36 Å². The van der Waals surface area contributed by atoms with Crippen molar-refractivity contribution >= 4 is 13.6 Å². The normalized spacial score (nSPS) is 26.4. The molecule has 0 aliphatic carbocycles. The fourth-order valence-electron chi connectivity index (χ4n) is 1.96. The van der Waals surface area contributed by atoms with Crippen LogP contribution in [-0.2, 0) is 18.3 Å². The molecule has 1 fully saturated rings. The molecule has 21 heavy (non-hydrogen) atoms. The maximum atomic E-state index is 11.9. The number of carbonyl (C=O) groups excluding carboxylic acids is 1. The van der Waals surface area contributed by atoms with Crippen LogP contribution in [0.5, 0.6) is 0 Å². The van der Waals surface area contributed by atoms with Gasteiger partial charge in [0.2, 0.25) is 0 Å². The van der Waals surface area contributed by atoms with Gasteiger partial charge in [0, 0.05) is 12.6 Å². The molecular formula is C15H21O5P. The number of carbonyl (C=O) groups is 1. The van der Waals surface area contributed by atoms with E-state index in [0.717, 1.165) is 5.56 Å². The van der Waals surface area contributed by atoms with E-state index in [-0.39, 0.29) is 11.9 Å². The average molecular weight is 312 g/mol. The molecule has 1 aliphatic heterocycles. The van der Waals surface area contributed by atoms with Crippen molar-refractivity contribution in [2.24, 2.45) is 0 Å². The summed E-state index contributed by atoms with van der Waals surface area (Å²) in [7, 11) is -2.87. The molecule has 0 spiro atoms. The van der Waals surface area contributed by atoms with Crippen molar-refractivity contribution < 1.29 is 23.1 Å². The Labute approximate surface area is 125 Å². The molecule has 6 heteroatoms. The molecule has 0 saturated carbocycles. The van der Waals surface area contributed by atoms with Crippen LogP contribution < -0.4 is 0 Å². The van der Waals surface area contributed by atoms with Crippen LogP contribution >= 0.6 is 7.60 Å². The minimum absolute atomic E-state index is 0.0275. The number of hydrogen-bond acceptors (Lipinski definition) is 5. The summed E-state index contributed by atoms with van der Waals surface area (Å²) in [5.74, 6) is -0.317. The van der Waals surface area contributed by atoms with E-state index in [1.54, 1.807) is 12.1 Å². The largest absolute Gasteiger partial charge is 0.456 e. The Bertz CT molecular complexity index is 546. The van der Waals surface area contributed by atoms with Gasteiger partial charge in [-0.2, -0.15) is 0 Å². The monoisotopic (exact) mass is 312 g/mol. The van der Waals surface area contributed by atoms with Crippen molar-refractivity contribution in [3.05, 3.63) is 35.4 Å². The van der Waals surface area contributed by atoms with E-state index in [1.165, 1.54) is 6.66 Å². The maximum absolute atomic E-state index is 11.9. The highest BCUT2D eigenvalue weighted by atomic mass is 31.2. The Kier molecular flexibility index (Phi) is 4.57. The lowest BCUT2D eigenvalue weighted by Crippen LogP contribution is -2.24. The fraction of sp³-hybridized carbons (Fsp3) is 0.533. The van der Waals surface area contributed by atoms with E-state index < -0.39 is 13.2 Å². The zero-order chi connectivity index (χ0) is 15.7. The van der Waals surface area contributed by atoms with Crippen LogP contribution in [0.25, 0.3) is 0 Å². The van der Waals surface area contributed by atoms with Crippen LogP contribution in [0.3, 0.4) is 0 Å². The Balaban J connectivity index is 2.03. The van der Waals surface area contributed by atoms with Gasteiger partial charge in [-0.25, -0.2) is 4.79 Å². The zero-order valence-electron chi connectivity index (χ0n) is 12.8. The number of ether oxygens (including phenoxy) is 1. The lowest BCUT2D eigenvalue weighted by Gasteiger charge is -2.27. The van der Waals surface area contributed by atoms with Gasteiger partial charge in [-0.05, 0) is 38.5 Å². The molecular weight excluding hydrogens is 291 g/mol. The molecule has 0 amide bonds. The van der Waals surface area contributed by atoms with Crippen LogP contribution in [0.2, 0.25) is 0 Å². The first kappa shape index (κ1) is 16.2. The van der Waals surface area contributed by atoms with Crippen LogP contribution in [0.15, 0.2) is 24.3 Å². The molecule has 1 saturated heterocycles. The lowest BCUT2D eigenvalue weighted by molar-refractivity contribution is 0.00695. The van der Waals surface area contributed by atoms with E-state index in [1.807, 2.05) is 32.9 Å². The first-order chi connectivity index (χ1) is 9.66. The standard InChI is InChI=1S/C15H21O5P/c1-15(2,3)20-14(16)12-7-5-11(6-8-12)13-9-18-21(4,17)19-10-13/h5-8,13H,9-10H2,1-4H3. The number of benzene rings is 1. The molecule has 2 rings (SSSR count). The van der Waals surface area contributed by atoms with Crippen molar-refractivity contribution in [3.63, 3.8) is 0 Å². The van der Waals surface area contributed by atoms with Gasteiger partial charge in [-0.1, -0.05) is 12.1 Å². The minimum Gasteiger partial charge on any atom is -0.456 e. The summed E-state index contributed by atoms with van der Waals surface area (Å²) in [5, 5.41) is 0. The Morgan fingerprint density at radius 1 is 1.19 bits per heavy atom. The molecule has 1 aromatic rings. The number of esters is 1. The van der Waals surface area contributed by atoms with Gasteiger partial charge in [0.1, 0.15) is 5.60 Å². The Morgan fingerprint density at radius 2 is 1.71 bits per heavy atom. The highest BCUT2D eigenvalue weighted by Crippen LogP contribution is 2.49. The predicted octanol–water partition coefficient (Wildman–Crippen LogP) is 3.60. The second kappa shape index (κ2) is 5.91. The Hall–Kier alpha value is -1.16. The van der Waals surface area contributed by atoms with E-state index >= 15 is 0 Å². The van der Waals surface area contributed by atoms with Crippen molar-refractivity contribution in [1.29, 1.82) is 0 Å². The van der Waals surface area contributed by atoms with E-state index in [4.69, 9.17) is 13.8 Å². The van der Waals surface area contributed by atoms with Crippen LogP contribution in [0.1, 0.15) is 42.6 Å². The third-order valence-corrected chi connectivity index (χ3v) is 4.27. The molecule has 1 aromatic carbocycles. The molecule has 0 N–H and O–H groups in total. The first-order valence-corrected chi connectivity index (χ1v) is 8.85. The summed E-state index contributed by atoms with van der Waals surface area (Å²) >= 11 is 0. The third-order valence-electron chi connectivity index (χ3n) is 3.04. The summed E-state index contributed by atoms with van der Waals surface area (Å²) in [4.78, 5) is 11.9. The molecule has 5 nitrogen and oxygen atoms in total. The smallest absolute Gasteiger partial charge is 0.338 e. The molecule has 116 valence electrons. The highest BCUT2D eigenvalue weighted by molar-refractivity contribution is 7.53. The summed E-state index contributed by atoms with van der Waals surface area (Å²) in [5.41, 5.74) is 0.984. The Morgan fingerprint density at radius 3 is 2.19 bits per heavy atom. The van der Waals surface area contributed by atoms with Crippen LogP contribution in [-0.4, -0.2) is 31.4 Å². The van der Waals surface area contributed by atoms with Gasteiger partial charge < -0.3 is 13.8 Å². The van der Waals surface area contributed by atoms with E-state index in [2.05, 4.69) is 0 Å². The number of hydrogen-bond donors (Lipinski definition) is 0. The van der Waals surface area contributed by atoms with Gasteiger partial charge in [-0.15, -0.1) is 0 Å². The first-order valence-electron chi connectivity index (χ1n) is 6.86. The van der Waals surface area contributed by atoms with Gasteiger partial charge in [0.25, 0.3) is 0 Å². The van der Waals surface area contributed by atoms with Gasteiger partial charge in [0.05, 0.1) is 18.8 Å². The van der Waals surface area contributed by atoms with Gasteiger partial charge in [-0.3, -0.25) is 4.57 Å². The SMILES string of the molecule is CC(C)(C)OC(=O)c1ccc(C2COP(C)(=O)OC2)cc1. The fourth-order valence-corrected chi connectivity index (χ4v) is 2.93. The zero-order valence-corrected chi connectivity index (χ0v) is 13.7. The summed E-state index contributed by atoms with van der Waals surface area (Å²) < 4.78 is 27.3. The van der Waals surface area contributed by atoms with Gasteiger partial charge >= 0.3 is 13.6 Å². The predicted molar refractivity (Wildman–Crippen MR) is 79.8 cm³/mol. The van der Waals surface area contributed by atoms with E-state index in [0.29, 0.717) is 18.8 Å². The maximum Gasteiger partial charge on any atom is 0.338 e. The minimum atomic E-state index is -2.87. The van der Waals surface area contributed by atoms with Crippen molar-refractivity contribution in [3.8, 4) is 0 Å². The lowest BCUT2D eigenvalue weighted by atomic mass is 9.99. The van der Waals surface area contributed by atoms with Crippen LogP contribution in [0.4, 0.5) is 0 Å². The van der Waals surface area contributed by atoms with Crippen molar-refractivity contribution in [1.82, 2.24) is 0 Å². The van der Waals surface area contributed by atoms with Crippen molar-refractivity contribution in [2.45, 2.75) is 32.3 Å². The average Bonchev–Trinajstić information content (AvgIpc) is 2.37. The van der Waals surface area contributed by atoms with Crippen LogP contribution in [0, 0.1) is 0 Å². The van der Waals surface area contributed by atoms with Gasteiger partial charge in [0.15, 0.2) is 0 Å². The highest BCUT2D eigenvalue weighted by Gasteiger charge is 2.28. The van der Waals surface area contributed by atoms with Crippen molar-refractivity contribution in [2.75, 3.05) is 19.9 Å². The molecule has 0 unspecified atom stereocenters. The number of rotatable bonds is 2. The molecule has 1 aliphatic rings. The summed E-state index contributed by atoms with van der Waals surface area (Å²) in [6.07, 6.45) is 0.